The molecule has 0 aromatic rings. The predicted molar refractivity (Wildman–Crippen MR) is 59.5 cm³/mol. The van der Waals surface area contributed by atoms with Crippen LogP contribution in [0.5, 0.6) is 0 Å². The van der Waals surface area contributed by atoms with Crippen molar-refractivity contribution in [1.29, 1.82) is 0 Å². The summed E-state index contributed by atoms with van der Waals surface area (Å²) in [5, 5.41) is 4.19. The summed E-state index contributed by atoms with van der Waals surface area (Å²) < 4.78 is 0. The van der Waals surface area contributed by atoms with E-state index in [1.165, 1.54) is 5.71 Å². The maximum atomic E-state index is 4.55. The molecule has 2 aliphatic rings. The first-order chi connectivity index (χ1) is 6.40. The summed E-state index contributed by atoms with van der Waals surface area (Å²) in [6.45, 7) is 3.15. The lowest BCUT2D eigenvalue weighted by Gasteiger charge is -2.19. The zero-order chi connectivity index (χ0) is 9.10. The Morgan fingerprint density at radius 1 is 1.69 bits per heavy atom. The van der Waals surface area contributed by atoms with Crippen LogP contribution in [0, 0.1) is 0 Å². The van der Waals surface area contributed by atoms with Crippen molar-refractivity contribution < 1.29 is 0 Å². The van der Waals surface area contributed by atoms with E-state index in [0.29, 0.717) is 6.04 Å². The van der Waals surface area contributed by atoms with Gasteiger partial charge < -0.3 is 5.32 Å². The van der Waals surface area contributed by atoms with Gasteiger partial charge in [-0.25, -0.2) is 0 Å². The van der Waals surface area contributed by atoms with Crippen molar-refractivity contribution >= 4 is 17.5 Å². The fourth-order valence-electron chi connectivity index (χ4n) is 1.73. The van der Waals surface area contributed by atoms with E-state index in [2.05, 4.69) is 29.4 Å². The van der Waals surface area contributed by atoms with Crippen molar-refractivity contribution in [3.05, 3.63) is 12.2 Å². The van der Waals surface area contributed by atoms with Crippen molar-refractivity contribution in [3.8, 4) is 0 Å². The molecule has 72 valence electrons. The van der Waals surface area contributed by atoms with Gasteiger partial charge in [0, 0.05) is 35.8 Å². The van der Waals surface area contributed by atoms with Crippen molar-refractivity contribution in [1.82, 2.24) is 5.32 Å². The normalized spacial score (nSPS) is 35.3. The number of hydrogen-bond donors (Lipinski definition) is 1. The van der Waals surface area contributed by atoms with Gasteiger partial charge in [-0.15, -0.1) is 11.8 Å². The molecule has 2 nitrogen and oxygen atoms in total. The minimum absolute atomic E-state index is 0.602. The average Bonchev–Trinajstić information content (AvgIpc) is 2.61. The van der Waals surface area contributed by atoms with Gasteiger partial charge in [0.15, 0.2) is 0 Å². The Morgan fingerprint density at radius 3 is 3.46 bits per heavy atom. The Labute approximate surface area is 83.9 Å². The first kappa shape index (κ1) is 9.28. The zero-order valence-corrected chi connectivity index (χ0v) is 8.81. The van der Waals surface area contributed by atoms with Gasteiger partial charge >= 0.3 is 0 Å². The van der Waals surface area contributed by atoms with Crippen LogP contribution in [0.2, 0.25) is 0 Å². The van der Waals surface area contributed by atoms with Crippen molar-refractivity contribution in [2.24, 2.45) is 4.99 Å². The third kappa shape index (κ3) is 2.15. The second-order valence-corrected chi connectivity index (χ2v) is 4.74. The molecule has 0 spiro atoms. The lowest BCUT2D eigenvalue weighted by Crippen LogP contribution is -2.32. The second kappa shape index (κ2) is 4.29. The number of aliphatic imine (C=N–C) groups is 1. The molecule has 1 N–H and O–H groups in total. The highest BCUT2D eigenvalue weighted by Crippen LogP contribution is 2.28. The fourth-order valence-corrected chi connectivity index (χ4v) is 2.91. The highest BCUT2D eigenvalue weighted by atomic mass is 32.2. The number of rotatable bonds is 2. The van der Waals surface area contributed by atoms with Crippen LogP contribution in [0.1, 0.15) is 19.8 Å². The van der Waals surface area contributed by atoms with Crippen LogP contribution in [0.25, 0.3) is 0 Å². The molecule has 0 amide bonds. The van der Waals surface area contributed by atoms with E-state index < -0.39 is 0 Å². The summed E-state index contributed by atoms with van der Waals surface area (Å²) in [5.74, 6) is 1.10. The minimum Gasteiger partial charge on any atom is -0.300 e. The standard InChI is InChI=1S/C10H16N2S/c1-2-5-11-8-3-4-9-10(6-8)13-7-12-9/h3-4,9-10,12H,2,5-7H2,1H3. The fraction of sp³-hybridized carbons (Fsp3) is 0.700. The number of nitrogens with zero attached hydrogens (tertiary/aromatic N) is 1. The molecule has 1 saturated heterocycles. The van der Waals surface area contributed by atoms with Crippen LogP contribution in [0.3, 0.4) is 0 Å². The molecule has 2 rings (SSSR count). The highest BCUT2D eigenvalue weighted by molar-refractivity contribution is 8.00. The van der Waals surface area contributed by atoms with E-state index in [-0.39, 0.29) is 0 Å². The average molecular weight is 196 g/mol. The third-order valence-electron chi connectivity index (χ3n) is 2.46. The summed E-state index contributed by atoms with van der Waals surface area (Å²) in [5.41, 5.74) is 1.29. The molecule has 0 aromatic heterocycles. The van der Waals surface area contributed by atoms with Crippen molar-refractivity contribution in [3.63, 3.8) is 0 Å². The topological polar surface area (TPSA) is 24.4 Å². The molecule has 3 heteroatoms. The Balaban J connectivity index is 1.99. The number of allylic oxidation sites excluding steroid dienone is 1. The summed E-state index contributed by atoms with van der Waals surface area (Å²) in [6.07, 6.45) is 6.76. The van der Waals surface area contributed by atoms with E-state index in [1.54, 1.807) is 0 Å². The van der Waals surface area contributed by atoms with E-state index in [9.17, 15) is 0 Å². The smallest absolute Gasteiger partial charge is 0.0426 e. The van der Waals surface area contributed by atoms with E-state index in [0.717, 1.165) is 30.5 Å². The Kier molecular flexibility index (Phi) is 3.06. The van der Waals surface area contributed by atoms with E-state index in [4.69, 9.17) is 0 Å². The summed E-state index contributed by atoms with van der Waals surface area (Å²) in [6, 6.07) is 0.602. The summed E-state index contributed by atoms with van der Waals surface area (Å²) in [4.78, 5) is 4.55. The number of thioether (sulfide) groups is 1. The summed E-state index contributed by atoms with van der Waals surface area (Å²) >= 11 is 2.02. The predicted octanol–water partition coefficient (Wildman–Crippen LogP) is 1.83. The molecule has 2 unspecified atom stereocenters. The molecule has 13 heavy (non-hydrogen) atoms. The van der Waals surface area contributed by atoms with Gasteiger partial charge in [0.1, 0.15) is 0 Å². The molecule has 2 atom stereocenters. The molecule has 0 aromatic carbocycles. The highest BCUT2D eigenvalue weighted by Gasteiger charge is 2.28. The molecular formula is C10H16N2S. The molecule has 1 fully saturated rings. The number of fused-ring (bicyclic) bond motifs is 1. The maximum Gasteiger partial charge on any atom is 0.0426 e. The molecule has 1 aliphatic heterocycles. The maximum absolute atomic E-state index is 4.55. The number of hydrogen-bond acceptors (Lipinski definition) is 3. The molecule has 1 heterocycles. The number of nitrogens with one attached hydrogen (secondary N) is 1. The van der Waals surface area contributed by atoms with Crippen molar-refractivity contribution in [2.75, 3.05) is 12.4 Å². The Hall–Kier alpha value is -0.280. The lowest BCUT2D eigenvalue weighted by atomic mass is 10.0. The Morgan fingerprint density at radius 2 is 2.62 bits per heavy atom. The first-order valence-electron chi connectivity index (χ1n) is 4.96. The molecular weight excluding hydrogens is 180 g/mol. The van der Waals surface area contributed by atoms with Crippen LogP contribution in [0.4, 0.5) is 0 Å². The minimum atomic E-state index is 0.602. The first-order valence-corrected chi connectivity index (χ1v) is 6.01. The van der Waals surface area contributed by atoms with Crippen LogP contribution in [-0.4, -0.2) is 29.4 Å². The largest absolute Gasteiger partial charge is 0.300 e. The van der Waals surface area contributed by atoms with Gasteiger partial charge in [-0.3, -0.25) is 4.99 Å². The molecule has 0 radical (unpaired) electrons. The van der Waals surface area contributed by atoms with Gasteiger partial charge in [0.25, 0.3) is 0 Å². The van der Waals surface area contributed by atoms with Crippen molar-refractivity contribution in [2.45, 2.75) is 31.1 Å². The SMILES string of the molecule is CCCN=C1C=CC2NCSC2C1. The molecule has 1 aliphatic carbocycles. The zero-order valence-electron chi connectivity index (χ0n) is 7.99. The summed E-state index contributed by atoms with van der Waals surface area (Å²) in [7, 11) is 0. The van der Waals surface area contributed by atoms with E-state index in [1.807, 2.05) is 11.8 Å². The van der Waals surface area contributed by atoms with Gasteiger partial charge in [-0.05, 0) is 12.5 Å². The van der Waals surface area contributed by atoms with Crippen LogP contribution >= 0.6 is 11.8 Å². The molecule has 0 saturated carbocycles. The second-order valence-electron chi connectivity index (χ2n) is 3.52. The third-order valence-corrected chi connectivity index (χ3v) is 3.68. The molecule has 0 bridgehead atoms. The van der Waals surface area contributed by atoms with Gasteiger partial charge in [-0.1, -0.05) is 13.0 Å². The Bertz CT molecular complexity index is 235. The van der Waals surface area contributed by atoms with Crippen LogP contribution in [-0.2, 0) is 0 Å². The quantitative estimate of drug-likeness (QED) is 0.728. The van der Waals surface area contributed by atoms with E-state index >= 15 is 0 Å². The van der Waals surface area contributed by atoms with Crippen LogP contribution < -0.4 is 5.32 Å². The van der Waals surface area contributed by atoms with Gasteiger partial charge in [0.2, 0.25) is 0 Å². The van der Waals surface area contributed by atoms with Gasteiger partial charge in [-0.2, -0.15) is 0 Å². The van der Waals surface area contributed by atoms with Crippen LogP contribution in [0.15, 0.2) is 17.1 Å². The lowest BCUT2D eigenvalue weighted by molar-refractivity contribution is 0.659. The monoisotopic (exact) mass is 196 g/mol. The van der Waals surface area contributed by atoms with Gasteiger partial charge in [0.05, 0.1) is 0 Å².